The second-order valence-corrected chi connectivity index (χ2v) is 5.19. The SMILES string of the molecule is CC(C)(C)OC(=O)NC1COC(C(=O)O)C(F)C1. The van der Waals surface area contributed by atoms with Crippen molar-refractivity contribution in [2.45, 2.75) is 51.1 Å². The third kappa shape index (κ3) is 4.48. The highest BCUT2D eigenvalue weighted by atomic mass is 19.1. The first kappa shape index (κ1) is 14.7. The van der Waals surface area contributed by atoms with Gasteiger partial charge in [-0.1, -0.05) is 0 Å². The molecule has 1 saturated heterocycles. The van der Waals surface area contributed by atoms with Crippen LogP contribution in [0, 0.1) is 0 Å². The van der Waals surface area contributed by atoms with Gasteiger partial charge in [0, 0.05) is 6.42 Å². The zero-order valence-corrected chi connectivity index (χ0v) is 10.6. The van der Waals surface area contributed by atoms with Crippen LogP contribution in [0.1, 0.15) is 27.2 Å². The first-order valence-corrected chi connectivity index (χ1v) is 5.67. The molecule has 1 aliphatic heterocycles. The lowest BCUT2D eigenvalue weighted by Gasteiger charge is -2.30. The maximum Gasteiger partial charge on any atom is 0.407 e. The molecule has 18 heavy (non-hydrogen) atoms. The van der Waals surface area contributed by atoms with Crippen LogP contribution in [-0.2, 0) is 14.3 Å². The van der Waals surface area contributed by atoms with E-state index in [1.165, 1.54) is 0 Å². The number of halogens is 1. The standard InChI is InChI=1S/C11H18FNO5/c1-11(2,3)18-10(16)13-6-4-7(12)8(9(14)15)17-5-6/h6-8H,4-5H2,1-3H3,(H,13,16)(H,14,15). The molecule has 0 aliphatic carbocycles. The Kier molecular flexibility index (Phi) is 4.50. The number of carbonyl (C=O) groups excluding carboxylic acids is 1. The molecule has 6 nitrogen and oxygen atoms in total. The maximum atomic E-state index is 13.4. The van der Waals surface area contributed by atoms with Gasteiger partial charge in [0.1, 0.15) is 11.8 Å². The van der Waals surface area contributed by atoms with Crippen molar-refractivity contribution in [2.24, 2.45) is 0 Å². The normalized spacial score (nSPS) is 28.6. The predicted octanol–water partition coefficient (Wildman–Crippen LogP) is 1.09. The molecule has 1 rings (SSSR count). The average Bonchev–Trinajstić information content (AvgIpc) is 2.13. The third-order valence-electron chi connectivity index (χ3n) is 2.28. The lowest BCUT2D eigenvalue weighted by atomic mass is 10.0. The topological polar surface area (TPSA) is 84.9 Å². The predicted molar refractivity (Wildman–Crippen MR) is 60.0 cm³/mol. The van der Waals surface area contributed by atoms with E-state index in [0.29, 0.717) is 0 Å². The van der Waals surface area contributed by atoms with Crippen LogP contribution < -0.4 is 5.32 Å². The zero-order chi connectivity index (χ0) is 13.9. The number of alkyl halides is 1. The van der Waals surface area contributed by atoms with Crippen LogP contribution in [0.4, 0.5) is 9.18 Å². The summed E-state index contributed by atoms with van der Waals surface area (Å²) in [5.41, 5.74) is -0.641. The van der Waals surface area contributed by atoms with E-state index in [1.54, 1.807) is 20.8 Å². The molecule has 0 bridgehead atoms. The van der Waals surface area contributed by atoms with E-state index in [2.05, 4.69) is 5.32 Å². The number of carboxylic acid groups (broad SMARTS) is 1. The molecule has 0 saturated carbocycles. The minimum atomic E-state index is -1.64. The highest BCUT2D eigenvalue weighted by molar-refractivity contribution is 5.73. The van der Waals surface area contributed by atoms with Gasteiger partial charge in [-0.25, -0.2) is 14.0 Å². The molecule has 3 atom stereocenters. The summed E-state index contributed by atoms with van der Waals surface area (Å²) in [7, 11) is 0. The molecule has 0 aromatic carbocycles. The van der Waals surface area contributed by atoms with Gasteiger partial charge in [0.15, 0.2) is 6.10 Å². The molecule has 1 fully saturated rings. The second-order valence-electron chi connectivity index (χ2n) is 5.19. The Bertz CT molecular complexity index is 328. The van der Waals surface area contributed by atoms with Gasteiger partial charge >= 0.3 is 12.1 Å². The fourth-order valence-electron chi connectivity index (χ4n) is 1.59. The largest absolute Gasteiger partial charge is 0.479 e. The summed E-state index contributed by atoms with van der Waals surface area (Å²) in [5, 5.41) is 11.1. The Morgan fingerprint density at radius 2 is 2.06 bits per heavy atom. The first-order valence-electron chi connectivity index (χ1n) is 5.67. The van der Waals surface area contributed by atoms with Gasteiger partial charge in [0.05, 0.1) is 12.6 Å². The van der Waals surface area contributed by atoms with Crippen LogP contribution in [0.2, 0.25) is 0 Å². The number of hydrogen-bond acceptors (Lipinski definition) is 4. The van der Waals surface area contributed by atoms with E-state index in [4.69, 9.17) is 14.6 Å². The van der Waals surface area contributed by atoms with E-state index in [9.17, 15) is 14.0 Å². The van der Waals surface area contributed by atoms with Crippen molar-refractivity contribution in [2.75, 3.05) is 6.61 Å². The van der Waals surface area contributed by atoms with Crippen molar-refractivity contribution < 1.29 is 28.6 Å². The van der Waals surface area contributed by atoms with Gasteiger partial charge in [-0.3, -0.25) is 0 Å². The summed E-state index contributed by atoms with van der Waals surface area (Å²) in [6.07, 6.45) is -3.87. The molecule has 0 aromatic rings. The van der Waals surface area contributed by atoms with Crippen molar-refractivity contribution in [1.29, 1.82) is 0 Å². The quantitative estimate of drug-likeness (QED) is 0.779. The van der Waals surface area contributed by atoms with E-state index in [-0.39, 0.29) is 13.0 Å². The van der Waals surface area contributed by atoms with Crippen molar-refractivity contribution in [3.8, 4) is 0 Å². The van der Waals surface area contributed by atoms with Crippen molar-refractivity contribution in [3.63, 3.8) is 0 Å². The van der Waals surface area contributed by atoms with Crippen LogP contribution in [0.25, 0.3) is 0 Å². The summed E-state index contributed by atoms with van der Waals surface area (Å²) >= 11 is 0. The summed E-state index contributed by atoms with van der Waals surface area (Å²) < 4.78 is 23.3. The molecular weight excluding hydrogens is 245 g/mol. The smallest absolute Gasteiger partial charge is 0.407 e. The van der Waals surface area contributed by atoms with Gasteiger partial charge in [-0.15, -0.1) is 0 Å². The van der Waals surface area contributed by atoms with E-state index < -0.39 is 36.0 Å². The highest BCUT2D eigenvalue weighted by Gasteiger charge is 2.37. The number of alkyl carbamates (subject to hydrolysis) is 1. The summed E-state index contributed by atoms with van der Waals surface area (Å²) in [6, 6.07) is -0.578. The molecule has 104 valence electrons. The number of carbonyl (C=O) groups is 2. The van der Waals surface area contributed by atoms with Crippen LogP contribution in [-0.4, -0.2) is 47.7 Å². The van der Waals surface area contributed by atoms with Crippen molar-refractivity contribution in [1.82, 2.24) is 5.32 Å². The van der Waals surface area contributed by atoms with Gasteiger partial charge in [0.25, 0.3) is 0 Å². The number of carboxylic acids is 1. The number of nitrogens with one attached hydrogen (secondary N) is 1. The van der Waals surface area contributed by atoms with Gasteiger partial charge in [0.2, 0.25) is 0 Å². The Labute approximate surface area is 104 Å². The van der Waals surface area contributed by atoms with E-state index >= 15 is 0 Å². The second kappa shape index (κ2) is 5.51. The molecule has 1 heterocycles. The summed E-state index contributed by atoms with van der Waals surface area (Å²) in [4.78, 5) is 22.0. The van der Waals surface area contributed by atoms with Crippen LogP contribution in [0.15, 0.2) is 0 Å². The first-order chi connectivity index (χ1) is 8.19. The molecule has 3 unspecified atom stereocenters. The number of hydrogen-bond donors (Lipinski definition) is 2. The zero-order valence-electron chi connectivity index (χ0n) is 10.6. The number of rotatable bonds is 2. The molecule has 1 amide bonds. The van der Waals surface area contributed by atoms with Crippen LogP contribution in [0.3, 0.4) is 0 Å². The van der Waals surface area contributed by atoms with Gasteiger partial charge < -0.3 is 19.9 Å². The Morgan fingerprint density at radius 1 is 1.44 bits per heavy atom. The Hall–Kier alpha value is -1.37. The van der Waals surface area contributed by atoms with Crippen molar-refractivity contribution in [3.05, 3.63) is 0 Å². The van der Waals surface area contributed by atoms with E-state index in [1.807, 2.05) is 0 Å². The lowest BCUT2D eigenvalue weighted by Crippen LogP contribution is -2.50. The molecule has 0 aromatic heterocycles. The minimum absolute atomic E-state index is 0.0450. The van der Waals surface area contributed by atoms with Gasteiger partial charge in [-0.2, -0.15) is 0 Å². The number of amides is 1. The molecule has 0 radical (unpaired) electrons. The molecule has 2 N–H and O–H groups in total. The highest BCUT2D eigenvalue weighted by Crippen LogP contribution is 2.18. The minimum Gasteiger partial charge on any atom is -0.479 e. The van der Waals surface area contributed by atoms with Gasteiger partial charge in [-0.05, 0) is 20.8 Å². The van der Waals surface area contributed by atoms with E-state index in [0.717, 1.165) is 0 Å². The Balaban J connectivity index is 2.43. The van der Waals surface area contributed by atoms with Crippen molar-refractivity contribution >= 4 is 12.1 Å². The summed E-state index contributed by atoms with van der Waals surface area (Å²) in [5.74, 6) is -1.33. The maximum absolute atomic E-state index is 13.4. The molecule has 0 spiro atoms. The number of aliphatic carboxylic acids is 1. The fourth-order valence-corrected chi connectivity index (χ4v) is 1.59. The molecule has 7 heteroatoms. The molecular formula is C11H18FNO5. The number of ether oxygens (including phenoxy) is 2. The average molecular weight is 263 g/mol. The fraction of sp³-hybridized carbons (Fsp3) is 0.818. The molecule has 1 aliphatic rings. The third-order valence-corrected chi connectivity index (χ3v) is 2.28. The summed E-state index contributed by atoms with van der Waals surface area (Å²) in [6.45, 7) is 5.09. The van der Waals surface area contributed by atoms with Crippen LogP contribution in [0.5, 0.6) is 0 Å². The lowest BCUT2D eigenvalue weighted by molar-refractivity contribution is -0.160. The Morgan fingerprint density at radius 3 is 2.50 bits per heavy atom. The van der Waals surface area contributed by atoms with Crippen LogP contribution >= 0.6 is 0 Å². The monoisotopic (exact) mass is 263 g/mol.